The van der Waals surface area contributed by atoms with Crippen molar-refractivity contribution < 1.29 is 28.2 Å². The quantitative estimate of drug-likeness (QED) is 0.243. The van der Waals surface area contributed by atoms with Gasteiger partial charge in [-0.25, -0.2) is 0 Å². The van der Waals surface area contributed by atoms with Crippen molar-refractivity contribution in [3.8, 4) is 0 Å². The number of hydrogen-bond donors (Lipinski definition) is 0. The zero-order valence-electron chi connectivity index (χ0n) is 24.2. The first-order chi connectivity index (χ1) is 19.1. The van der Waals surface area contributed by atoms with Crippen LogP contribution in [0.1, 0.15) is 37.5 Å². The lowest BCUT2D eigenvalue weighted by molar-refractivity contribution is -0.213. The van der Waals surface area contributed by atoms with E-state index in [1.165, 1.54) is 0 Å². The monoisotopic (exact) mass is 562 g/mol. The van der Waals surface area contributed by atoms with Gasteiger partial charge in [-0.15, -0.1) is 0 Å². The Kier molecular flexibility index (Phi) is 10.5. The fourth-order valence-electron chi connectivity index (χ4n) is 4.26. The van der Waals surface area contributed by atoms with E-state index < -0.39 is 32.9 Å². The highest BCUT2D eigenvalue weighted by Crippen LogP contribution is 2.39. The number of carbonyl (C=O) groups is 1. The maximum Gasteiger partial charge on any atom is 0.195 e. The third-order valence-electron chi connectivity index (χ3n) is 7.66. The predicted octanol–water partition coefficient (Wildman–Crippen LogP) is 6.69. The van der Waals surface area contributed by atoms with Crippen LogP contribution in [0.15, 0.2) is 91.0 Å². The van der Waals surface area contributed by atoms with Crippen molar-refractivity contribution in [2.45, 2.75) is 83.3 Å². The first-order valence-electron chi connectivity index (χ1n) is 13.9. The standard InChI is InChI=1S/C33H42O6Si/c1-33(2,3)40(4,5)39-32-31(37-23-27-19-13-8-14-20-27)30(36-22-26-17-11-7-12-18-26)29(28(34)24-38-32)35-21-25-15-9-6-10-16-25/h6-20,29-32H,21-24H2,1-5H3/t29-,30+,31-,32+/m1/s1. The topological polar surface area (TPSA) is 63.2 Å². The van der Waals surface area contributed by atoms with Crippen LogP contribution in [0.25, 0.3) is 0 Å². The van der Waals surface area contributed by atoms with Gasteiger partial charge in [0.05, 0.1) is 19.8 Å². The summed E-state index contributed by atoms with van der Waals surface area (Å²) in [6.07, 6.45) is -3.14. The van der Waals surface area contributed by atoms with Gasteiger partial charge in [0.25, 0.3) is 0 Å². The van der Waals surface area contributed by atoms with Crippen LogP contribution in [-0.4, -0.2) is 45.3 Å². The molecule has 1 heterocycles. The molecular weight excluding hydrogens is 520 g/mol. The highest BCUT2D eigenvalue weighted by molar-refractivity contribution is 6.74. The second-order valence-electron chi connectivity index (χ2n) is 11.8. The van der Waals surface area contributed by atoms with Crippen molar-refractivity contribution in [2.75, 3.05) is 6.61 Å². The molecule has 0 saturated carbocycles. The summed E-state index contributed by atoms with van der Waals surface area (Å²) in [5.74, 6) is -0.191. The molecule has 0 unspecified atom stereocenters. The summed E-state index contributed by atoms with van der Waals surface area (Å²) in [5, 5.41) is -0.0692. The lowest BCUT2D eigenvalue weighted by atomic mass is 10.0. The van der Waals surface area contributed by atoms with Gasteiger partial charge in [0, 0.05) is 0 Å². The molecule has 3 aromatic rings. The maximum atomic E-state index is 13.6. The lowest BCUT2D eigenvalue weighted by Crippen LogP contribution is -2.53. The molecule has 4 rings (SSSR count). The normalized spacial score (nSPS) is 22.2. The fraction of sp³-hybridized carbons (Fsp3) is 0.424. The summed E-state index contributed by atoms with van der Waals surface area (Å²) >= 11 is 0. The first-order valence-corrected chi connectivity index (χ1v) is 16.8. The molecule has 4 atom stereocenters. The van der Waals surface area contributed by atoms with E-state index in [1.54, 1.807) is 0 Å². The second-order valence-corrected chi connectivity index (χ2v) is 16.5. The Labute approximate surface area is 239 Å². The van der Waals surface area contributed by atoms with Gasteiger partial charge in [-0.3, -0.25) is 4.79 Å². The molecule has 1 aliphatic rings. The average molecular weight is 563 g/mol. The number of rotatable bonds is 11. The molecule has 3 aromatic carbocycles. The van der Waals surface area contributed by atoms with Crippen LogP contribution in [0.3, 0.4) is 0 Å². The van der Waals surface area contributed by atoms with Crippen LogP contribution in [-0.2, 0) is 48.0 Å². The minimum Gasteiger partial charge on any atom is -0.390 e. The Balaban J connectivity index is 1.67. The van der Waals surface area contributed by atoms with Crippen molar-refractivity contribution in [2.24, 2.45) is 0 Å². The molecule has 0 radical (unpaired) electrons. The summed E-state index contributed by atoms with van der Waals surface area (Å²) in [6, 6.07) is 29.7. The average Bonchev–Trinajstić information content (AvgIpc) is 3.06. The van der Waals surface area contributed by atoms with Gasteiger partial charge in [0.1, 0.15) is 24.9 Å². The van der Waals surface area contributed by atoms with Gasteiger partial charge in [0.2, 0.25) is 0 Å². The van der Waals surface area contributed by atoms with E-state index in [1.807, 2.05) is 91.0 Å². The number of Topliss-reactive ketones (excluding diaryl/α,β-unsaturated/α-hetero) is 1. The van der Waals surface area contributed by atoms with Crippen molar-refractivity contribution in [1.29, 1.82) is 0 Å². The molecule has 0 aromatic heterocycles. The first kappa shape index (κ1) is 30.3. The maximum absolute atomic E-state index is 13.6. The van der Waals surface area contributed by atoms with Crippen LogP contribution in [0.5, 0.6) is 0 Å². The van der Waals surface area contributed by atoms with Gasteiger partial charge in [0.15, 0.2) is 20.4 Å². The lowest BCUT2D eigenvalue weighted by Gasteiger charge is -2.41. The Hall–Kier alpha value is -2.65. The fourth-order valence-corrected chi connectivity index (χ4v) is 5.39. The van der Waals surface area contributed by atoms with E-state index >= 15 is 0 Å². The van der Waals surface area contributed by atoms with Crippen LogP contribution in [0.4, 0.5) is 0 Å². The Morgan fingerprint density at radius 3 is 1.57 bits per heavy atom. The van der Waals surface area contributed by atoms with Crippen LogP contribution >= 0.6 is 0 Å². The summed E-state index contributed by atoms with van der Waals surface area (Å²) < 4.78 is 32.4. The highest BCUT2D eigenvalue weighted by atomic mass is 28.4. The molecule has 6 nitrogen and oxygen atoms in total. The molecule has 0 amide bonds. The molecule has 214 valence electrons. The van der Waals surface area contributed by atoms with Gasteiger partial charge in [-0.1, -0.05) is 112 Å². The summed E-state index contributed by atoms with van der Waals surface area (Å²) in [5.41, 5.74) is 2.97. The SMILES string of the molecule is CC(C)(C)[Si](C)(C)O[C@@H]1OCC(=O)[C@@H](OCc2ccccc2)[C@H](OCc2ccccc2)[C@H]1OCc1ccccc1. The number of benzene rings is 3. The molecular formula is C33H42O6Si. The van der Waals surface area contributed by atoms with E-state index in [-0.39, 0.29) is 24.0 Å². The summed E-state index contributed by atoms with van der Waals surface area (Å²) in [4.78, 5) is 13.6. The number of ketones is 1. The molecule has 7 heteroatoms. The number of ether oxygens (including phenoxy) is 4. The van der Waals surface area contributed by atoms with Crippen LogP contribution in [0.2, 0.25) is 18.1 Å². The van der Waals surface area contributed by atoms with Gasteiger partial charge in [-0.05, 0) is 34.8 Å². The molecule has 1 fully saturated rings. The number of hydrogen-bond acceptors (Lipinski definition) is 6. The zero-order valence-corrected chi connectivity index (χ0v) is 25.2. The van der Waals surface area contributed by atoms with Gasteiger partial charge >= 0.3 is 0 Å². The predicted molar refractivity (Wildman–Crippen MR) is 158 cm³/mol. The van der Waals surface area contributed by atoms with E-state index in [2.05, 4.69) is 33.9 Å². The molecule has 0 N–H and O–H groups in total. The molecule has 1 aliphatic heterocycles. The smallest absolute Gasteiger partial charge is 0.195 e. The second kappa shape index (κ2) is 13.8. The zero-order chi connectivity index (χ0) is 28.6. The van der Waals surface area contributed by atoms with E-state index in [4.69, 9.17) is 23.4 Å². The van der Waals surface area contributed by atoms with Gasteiger partial charge in [-0.2, -0.15) is 0 Å². The molecule has 0 spiro atoms. The van der Waals surface area contributed by atoms with Crippen LogP contribution < -0.4 is 0 Å². The summed E-state index contributed by atoms with van der Waals surface area (Å²) in [7, 11) is -2.31. The molecule has 0 bridgehead atoms. The number of carbonyl (C=O) groups excluding carboxylic acids is 1. The Morgan fingerprint density at radius 1 is 0.700 bits per heavy atom. The largest absolute Gasteiger partial charge is 0.390 e. The van der Waals surface area contributed by atoms with Gasteiger partial charge < -0.3 is 23.4 Å². The summed E-state index contributed by atoms with van der Waals surface area (Å²) in [6.45, 7) is 11.6. The molecule has 40 heavy (non-hydrogen) atoms. The van der Waals surface area contributed by atoms with Crippen molar-refractivity contribution >= 4 is 14.1 Å². The van der Waals surface area contributed by atoms with E-state index in [0.717, 1.165) is 16.7 Å². The van der Waals surface area contributed by atoms with Crippen LogP contribution in [0, 0.1) is 0 Å². The minimum atomic E-state index is -2.31. The van der Waals surface area contributed by atoms with E-state index in [0.29, 0.717) is 13.2 Å². The molecule has 1 saturated heterocycles. The highest BCUT2D eigenvalue weighted by Gasteiger charge is 2.49. The third kappa shape index (κ3) is 8.19. The van der Waals surface area contributed by atoms with Crippen molar-refractivity contribution in [1.82, 2.24) is 0 Å². The Morgan fingerprint density at radius 2 is 1.12 bits per heavy atom. The Bertz CT molecular complexity index is 1180. The molecule has 0 aliphatic carbocycles. The minimum absolute atomic E-state index is 0.0692. The van der Waals surface area contributed by atoms with E-state index in [9.17, 15) is 4.79 Å². The van der Waals surface area contributed by atoms with Crippen molar-refractivity contribution in [3.63, 3.8) is 0 Å². The van der Waals surface area contributed by atoms with Crippen molar-refractivity contribution in [3.05, 3.63) is 108 Å². The third-order valence-corrected chi connectivity index (χ3v) is 12.1.